The number of anilines is 2. The minimum absolute atomic E-state index is 0.172. The lowest BCUT2D eigenvalue weighted by atomic mass is 10.1. The molecular formula is C11H17N3O2. The number of rotatable bonds is 4. The molecule has 0 saturated heterocycles. The van der Waals surface area contributed by atoms with Crippen molar-refractivity contribution in [2.75, 3.05) is 24.6 Å². The van der Waals surface area contributed by atoms with Crippen molar-refractivity contribution in [2.24, 2.45) is 0 Å². The largest absolute Gasteiger partial charge is 0.397 e. The van der Waals surface area contributed by atoms with Crippen LogP contribution in [0.15, 0.2) is 18.2 Å². The molecule has 1 rings (SSSR count). The molecule has 5 N–H and O–H groups in total. The van der Waals surface area contributed by atoms with E-state index in [9.17, 15) is 4.79 Å². The highest BCUT2D eigenvalue weighted by Crippen LogP contribution is 2.19. The number of hydrogen-bond donors (Lipinski definition) is 4. The molecule has 1 unspecified atom stereocenters. The van der Waals surface area contributed by atoms with Crippen LogP contribution in [0.1, 0.15) is 17.3 Å². The molecule has 0 aromatic heterocycles. The molecule has 1 amide bonds. The fourth-order valence-corrected chi connectivity index (χ4v) is 1.27. The Bertz CT molecular complexity index is 377. The minimum Gasteiger partial charge on any atom is -0.397 e. The molecule has 5 heteroatoms. The number of benzene rings is 1. The van der Waals surface area contributed by atoms with Gasteiger partial charge in [-0.15, -0.1) is 0 Å². The Kier molecular flexibility index (Phi) is 4.13. The Labute approximate surface area is 94.7 Å². The molecule has 0 saturated carbocycles. The van der Waals surface area contributed by atoms with E-state index in [4.69, 9.17) is 10.8 Å². The molecule has 1 atom stereocenters. The van der Waals surface area contributed by atoms with Gasteiger partial charge in [0.25, 0.3) is 5.91 Å². The normalized spacial score (nSPS) is 11.9. The highest BCUT2D eigenvalue weighted by Gasteiger charge is 2.06. The van der Waals surface area contributed by atoms with Crippen LogP contribution in [0.3, 0.4) is 0 Å². The summed E-state index contributed by atoms with van der Waals surface area (Å²) in [5.74, 6) is -0.172. The van der Waals surface area contributed by atoms with E-state index in [1.807, 2.05) is 0 Å². The van der Waals surface area contributed by atoms with Crippen molar-refractivity contribution < 1.29 is 9.90 Å². The SMILES string of the molecule is CNC(=O)c1ccc(NCC(C)O)c(N)c1. The van der Waals surface area contributed by atoms with Gasteiger partial charge in [-0.05, 0) is 25.1 Å². The monoisotopic (exact) mass is 223 g/mol. The third kappa shape index (κ3) is 3.13. The first-order chi connectivity index (χ1) is 7.54. The van der Waals surface area contributed by atoms with Gasteiger partial charge in [0.15, 0.2) is 0 Å². The number of nitrogens with one attached hydrogen (secondary N) is 2. The average molecular weight is 223 g/mol. The standard InChI is InChI=1S/C11H17N3O2/c1-7(15)6-14-10-4-3-8(5-9(10)12)11(16)13-2/h3-5,7,14-15H,6,12H2,1-2H3,(H,13,16). The first-order valence-corrected chi connectivity index (χ1v) is 5.08. The topological polar surface area (TPSA) is 87.4 Å². The number of carbonyl (C=O) groups excluding carboxylic acids is 1. The molecule has 0 aliphatic heterocycles. The van der Waals surface area contributed by atoms with Gasteiger partial charge in [0.2, 0.25) is 0 Å². The number of amides is 1. The van der Waals surface area contributed by atoms with Gasteiger partial charge in [-0.1, -0.05) is 0 Å². The summed E-state index contributed by atoms with van der Waals surface area (Å²) in [5.41, 5.74) is 7.50. The number of aliphatic hydroxyl groups is 1. The number of nitrogen functional groups attached to an aromatic ring is 1. The smallest absolute Gasteiger partial charge is 0.251 e. The predicted octanol–water partition coefficient (Wildman–Crippen LogP) is 0.421. The summed E-state index contributed by atoms with van der Waals surface area (Å²) < 4.78 is 0. The lowest BCUT2D eigenvalue weighted by molar-refractivity contribution is 0.0963. The van der Waals surface area contributed by atoms with Crippen LogP contribution in [0.2, 0.25) is 0 Å². The van der Waals surface area contributed by atoms with Gasteiger partial charge in [-0.25, -0.2) is 0 Å². The first kappa shape index (κ1) is 12.3. The lowest BCUT2D eigenvalue weighted by Crippen LogP contribution is -2.19. The molecule has 0 heterocycles. The van der Waals surface area contributed by atoms with Crippen LogP contribution in [0, 0.1) is 0 Å². The highest BCUT2D eigenvalue weighted by atomic mass is 16.3. The van der Waals surface area contributed by atoms with E-state index in [-0.39, 0.29) is 5.91 Å². The highest BCUT2D eigenvalue weighted by molar-refractivity contribution is 5.95. The zero-order valence-corrected chi connectivity index (χ0v) is 9.45. The van der Waals surface area contributed by atoms with Crippen LogP contribution in [0.5, 0.6) is 0 Å². The number of carbonyl (C=O) groups is 1. The molecular weight excluding hydrogens is 206 g/mol. The van der Waals surface area contributed by atoms with Crippen LogP contribution in [-0.4, -0.2) is 30.7 Å². The van der Waals surface area contributed by atoms with Crippen LogP contribution < -0.4 is 16.4 Å². The Morgan fingerprint density at radius 2 is 2.25 bits per heavy atom. The Morgan fingerprint density at radius 1 is 1.56 bits per heavy atom. The number of hydrogen-bond acceptors (Lipinski definition) is 4. The molecule has 0 fully saturated rings. The Hall–Kier alpha value is -1.75. The van der Waals surface area contributed by atoms with Crippen molar-refractivity contribution in [3.63, 3.8) is 0 Å². The summed E-state index contributed by atoms with van der Waals surface area (Å²) in [4.78, 5) is 11.3. The Balaban J connectivity index is 2.79. The molecule has 0 bridgehead atoms. The number of aliphatic hydroxyl groups excluding tert-OH is 1. The van der Waals surface area contributed by atoms with Gasteiger partial charge >= 0.3 is 0 Å². The van der Waals surface area contributed by atoms with Crippen molar-refractivity contribution >= 4 is 17.3 Å². The van der Waals surface area contributed by atoms with E-state index in [1.165, 1.54) is 0 Å². The van der Waals surface area contributed by atoms with Gasteiger partial charge in [-0.3, -0.25) is 4.79 Å². The summed E-state index contributed by atoms with van der Waals surface area (Å²) in [6.07, 6.45) is -0.446. The van der Waals surface area contributed by atoms with E-state index < -0.39 is 6.10 Å². The zero-order chi connectivity index (χ0) is 12.1. The summed E-state index contributed by atoms with van der Waals surface area (Å²) >= 11 is 0. The second kappa shape index (κ2) is 5.37. The van der Waals surface area contributed by atoms with E-state index in [2.05, 4.69) is 10.6 Å². The minimum atomic E-state index is -0.446. The van der Waals surface area contributed by atoms with Gasteiger partial charge in [-0.2, -0.15) is 0 Å². The third-order valence-corrected chi connectivity index (χ3v) is 2.13. The van der Waals surface area contributed by atoms with Crippen LogP contribution in [0.4, 0.5) is 11.4 Å². The van der Waals surface area contributed by atoms with E-state index >= 15 is 0 Å². The second-order valence-corrected chi connectivity index (χ2v) is 3.61. The molecule has 1 aromatic carbocycles. The molecule has 0 aliphatic carbocycles. The van der Waals surface area contributed by atoms with Crippen molar-refractivity contribution in [2.45, 2.75) is 13.0 Å². The van der Waals surface area contributed by atoms with E-state index in [1.54, 1.807) is 32.2 Å². The van der Waals surface area contributed by atoms with E-state index in [0.29, 0.717) is 23.5 Å². The van der Waals surface area contributed by atoms with Gasteiger partial charge in [0, 0.05) is 19.2 Å². The number of nitrogens with two attached hydrogens (primary N) is 1. The zero-order valence-electron chi connectivity index (χ0n) is 9.45. The lowest BCUT2D eigenvalue weighted by Gasteiger charge is -2.11. The van der Waals surface area contributed by atoms with Crippen molar-refractivity contribution in [3.8, 4) is 0 Å². The fraction of sp³-hybridized carbons (Fsp3) is 0.364. The predicted molar refractivity (Wildman–Crippen MR) is 64.4 cm³/mol. The maximum atomic E-state index is 11.3. The molecule has 0 spiro atoms. The first-order valence-electron chi connectivity index (χ1n) is 5.08. The van der Waals surface area contributed by atoms with Crippen molar-refractivity contribution in [1.82, 2.24) is 5.32 Å². The average Bonchev–Trinajstić information content (AvgIpc) is 2.26. The quantitative estimate of drug-likeness (QED) is 0.557. The Morgan fingerprint density at radius 3 is 2.75 bits per heavy atom. The molecule has 5 nitrogen and oxygen atoms in total. The second-order valence-electron chi connectivity index (χ2n) is 3.61. The summed E-state index contributed by atoms with van der Waals surface area (Å²) in [7, 11) is 1.57. The van der Waals surface area contributed by atoms with Crippen LogP contribution >= 0.6 is 0 Å². The summed E-state index contributed by atoms with van der Waals surface area (Å²) in [6.45, 7) is 2.10. The third-order valence-electron chi connectivity index (χ3n) is 2.13. The van der Waals surface area contributed by atoms with Gasteiger partial charge in [0.05, 0.1) is 17.5 Å². The van der Waals surface area contributed by atoms with Crippen molar-refractivity contribution in [1.29, 1.82) is 0 Å². The van der Waals surface area contributed by atoms with Gasteiger partial charge < -0.3 is 21.5 Å². The molecule has 16 heavy (non-hydrogen) atoms. The van der Waals surface area contributed by atoms with Gasteiger partial charge in [0.1, 0.15) is 0 Å². The fourth-order valence-electron chi connectivity index (χ4n) is 1.27. The maximum Gasteiger partial charge on any atom is 0.251 e. The van der Waals surface area contributed by atoms with Crippen LogP contribution in [-0.2, 0) is 0 Å². The van der Waals surface area contributed by atoms with Crippen LogP contribution in [0.25, 0.3) is 0 Å². The molecule has 0 radical (unpaired) electrons. The summed E-state index contributed by atoms with van der Waals surface area (Å²) in [6, 6.07) is 5.01. The summed E-state index contributed by atoms with van der Waals surface area (Å²) in [5, 5.41) is 14.6. The van der Waals surface area contributed by atoms with E-state index in [0.717, 1.165) is 0 Å². The van der Waals surface area contributed by atoms with Crippen molar-refractivity contribution in [3.05, 3.63) is 23.8 Å². The molecule has 88 valence electrons. The molecule has 1 aromatic rings. The maximum absolute atomic E-state index is 11.3. The molecule has 0 aliphatic rings.